The summed E-state index contributed by atoms with van der Waals surface area (Å²) in [4.78, 5) is 26.3. The normalized spacial score (nSPS) is 23.6. The zero-order chi connectivity index (χ0) is 21.1. The molecule has 0 aliphatic carbocycles. The maximum atomic E-state index is 13.9. The van der Waals surface area contributed by atoms with Gasteiger partial charge in [0.05, 0.1) is 0 Å². The van der Waals surface area contributed by atoms with Crippen LogP contribution in [0.4, 0.5) is 18.0 Å². The summed E-state index contributed by atoms with van der Waals surface area (Å²) in [5.41, 5.74) is 0.684. The number of pyridine rings is 1. The van der Waals surface area contributed by atoms with E-state index >= 15 is 0 Å². The Hall–Kier alpha value is -3.17. The predicted octanol–water partition coefficient (Wildman–Crippen LogP) is 2.66. The molecule has 10 heteroatoms. The molecule has 0 spiro atoms. The van der Waals surface area contributed by atoms with Crippen molar-refractivity contribution >= 4 is 6.03 Å². The molecular formula is C20H18F3N3O4. The number of carbonyl (C=O) groups is 1. The molecule has 0 radical (unpaired) electrons. The number of hydrogen-bond acceptors (Lipinski definition) is 4. The lowest BCUT2D eigenvalue weighted by molar-refractivity contribution is -0.318. The molecule has 2 atom stereocenters. The maximum absolute atomic E-state index is 13.9. The number of amides is 2. The van der Waals surface area contributed by atoms with E-state index in [4.69, 9.17) is 9.47 Å². The van der Waals surface area contributed by atoms with Crippen LogP contribution in [0.2, 0.25) is 0 Å². The van der Waals surface area contributed by atoms with Crippen LogP contribution in [0.5, 0.6) is 11.5 Å². The number of fused-ring (bicyclic) bond motifs is 5. The molecule has 2 aromatic rings. The summed E-state index contributed by atoms with van der Waals surface area (Å²) in [7, 11) is 0. The van der Waals surface area contributed by atoms with Gasteiger partial charge in [-0.05, 0) is 30.5 Å². The Kier molecular flexibility index (Phi) is 4.03. The summed E-state index contributed by atoms with van der Waals surface area (Å²) in [5.74, 6) is -3.62. The summed E-state index contributed by atoms with van der Waals surface area (Å²) in [5, 5.41) is 1.92. The molecule has 0 unspecified atom stereocenters. The highest BCUT2D eigenvalue weighted by Crippen LogP contribution is 2.45. The van der Waals surface area contributed by atoms with Crippen molar-refractivity contribution in [2.24, 2.45) is 5.92 Å². The summed E-state index contributed by atoms with van der Waals surface area (Å²) >= 11 is 0. The molecule has 5 rings (SSSR count). The van der Waals surface area contributed by atoms with Gasteiger partial charge in [0, 0.05) is 37.3 Å². The first-order valence-electron chi connectivity index (χ1n) is 9.56. The van der Waals surface area contributed by atoms with Crippen LogP contribution in [0.25, 0.3) is 0 Å². The number of halogens is 3. The van der Waals surface area contributed by atoms with E-state index in [0.717, 1.165) is 12.1 Å². The van der Waals surface area contributed by atoms with Crippen molar-refractivity contribution in [2.45, 2.75) is 31.0 Å². The molecular weight excluding hydrogens is 403 g/mol. The summed E-state index contributed by atoms with van der Waals surface area (Å²) in [6.45, 7) is 0.870. The number of rotatable bonds is 1. The lowest BCUT2D eigenvalue weighted by Crippen LogP contribution is -2.67. The second kappa shape index (κ2) is 6.41. The van der Waals surface area contributed by atoms with E-state index in [1.807, 2.05) is 11.4 Å². The zero-order valence-corrected chi connectivity index (χ0v) is 15.7. The molecule has 2 amide bonds. The lowest BCUT2D eigenvalue weighted by Gasteiger charge is -2.43. The Morgan fingerprint density at radius 1 is 1.03 bits per heavy atom. The largest absolute Gasteiger partial charge is 0.492 e. The first-order valence-corrected chi connectivity index (χ1v) is 9.56. The number of aromatic nitrogens is 1. The average molecular weight is 421 g/mol. The van der Waals surface area contributed by atoms with Crippen LogP contribution < -0.4 is 20.3 Å². The molecule has 3 aliphatic heterocycles. The topological polar surface area (TPSA) is 72.8 Å². The van der Waals surface area contributed by atoms with Crippen LogP contribution >= 0.6 is 0 Å². The number of para-hydroxylation sites is 2. The van der Waals surface area contributed by atoms with Gasteiger partial charge < -0.3 is 18.9 Å². The molecule has 1 fully saturated rings. The minimum Gasteiger partial charge on any atom is -0.424 e. The number of ether oxygens (including phenoxy) is 2. The second-order valence-electron chi connectivity index (χ2n) is 7.80. The molecule has 7 nitrogen and oxygen atoms in total. The van der Waals surface area contributed by atoms with E-state index in [1.54, 1.807) is 10.6 Å². The maximum Gasteiger partial charge on any atom is 0.492 e. The first kappa shape index (κ1) is 18.8. The van der Waals surface area contributed by atoms with Gasteiger partial charge in [-0.3, -0.25) is 10.1 Å². The zero-order valence-electron chi connectivity index (χ0n) is 15.7. The van der Waals surface area contributed by atoms with Crippen molar-refractivity contribution in [1.29, 1.82) is 0 Å². The fourth-order valence-electron chi connectivity index (χ4n) is 4.47. The van der Waals surface area contributed by atoms with Crippen LogP contribution in [0.15, 0.2) is 47.3 Å². The van der Waals surface area contributed by atoms with Crippen molar-refractivity contribution in [3.63, 3.8) is 0 Å². The monoisotopic (exact) mass is 421 g/mol. The number of alkyl halides is 3. The minimum atomic E-state index is -5.01. The smallest absolute Gasteiger partial charge is 0.424 e. The first-order chi connectivity index (χ1) is 14.3. The Labute approximate surface area is 169 Å². The van der Waals surface area contributed by atoms with E-state index in [1.165, 1.54) is 35.2 Å². The summed E-state index contributed by atoms with van der Waals surface area (Å²) in [6.07, 6.45) is -4.23. The molecule has 1 aromatic carbocycles. The highest BCUT2D eigenvalue weighted by molar-refractivity contribution is 5.75. The van der Waals surface area contributed by atoms with E-state index < -0.39 is 18.1 Å². The number of likely N-dealkylation sites (tertiary alicyclic amines) is 1. The molecule has 4 heterocycles. The molecule has 1 saturated heterocycles. The van der Waals surface area contributed by atoms with Gasteiger partial charge in [0.2, 0.25) is 0 Å². The van der Waals surface area contributed by atoms with Gasteiger partial charge in [0.1, 0.15) is 0 Å². The molecule has 30 heavy (non-hydrogen) atoms. The highest BCUT2D eigenvalue weighted by Gasteiger charge is 2.66. The van der Waals surface area contributed by atoms with Gasteiger partial charge in [0.25, 0.3) is 5.56 Å². The fraction of sp³-hybridized carbons (Fsp3) is 0.400. The van der Waals surface area contributed by atoms with Crippen LogP contribution in [0.1, 0.15) is 18.0 Å². The molecule has 2 bridgehead atoms. The van der Waals surface area contributed by atoms with Crippen molar-refractivity contribution in [1.82, 2.24) is 14.8 Å². The number of benzene rings is 1. The summed E-state index contributed by atoms with van der Waals surface area (Å²) in [6, 6.07) is 9.74. The third kappa shape index (κ3) is 2.89. The van der Waals surface area contributed by atoms with E-state index in [0.29, 0.717) is 6.54 Å². The Balaban J connectivity index is 1.39. The molecule has 1 N–H and O–H groups in total. The third-order valence-electron chi connectivity index (χ3n) is 5.77. The minimum absolute atomic E-state index is 0.0217. The van der Waals surface area contributed by atoms with E-state index in [2.05, 4.69) is 0 Å². The van der Waals surface area contributed by atoms with Crippen molar-refractivity contribution < 1.29 is 27.4 Å². The Morgan fingerprint density at radius 2 is 1.73 bits per heavy atom. The van der Waals surface area contributed by atoms with Gasteiger partial charge in [-0.25, -0.2) is 4.79 Å². The molecule has 158 valence electrons. The van der Waals surface area contributed by atoms with Gasteiger partial charge in [-0.15, -0.1) is 0 Å². The van der Waals surface area contributed by atoms with Crippen molar-refractivity contribution in [2.75, 3.05) is 13.1 Å². The standard InChI is InChI=1S/C20H18F3N3O4/c21-19(22,23)20(29-15-5-1-2-6-16(15)30-20)24-18(28)25-9-12-8-13(11-25)14-4-3-7-17(27)26(14)10-12/h1-7,12-13H,8-11H2,(H,24,28)/t12-,13+/m1/s1. The summed E-state index contributed by atoms with van der Waals surface area (Å²) < 4.78 is 53.3. The SMILES string of the molecule is O=C(NC1(C(F)(F)F)Oc2ccccc2O1)N1C[C@H]2C[C@@H](C1)c1cccc(=O)n1C2. The van der Waals surface area contributed by atoms with Gasteiger partial charge in [0.15, 0.2) is 11.5 Å². The number of carbonyl (C=O) groups excluding carboxylic acids is 1. The number of nitrogens with one attached hydrogen (secondary N) is 1. The van der Waals surface area contributed by atoms with Gasteiger partial charge in [-0.1, -0.05) is 18.2 Å². The third-order valence-corrected chi connectivity index (χ3v) is 5.77. The Morgan fingerprint density at radius 3 is 2.40 bits per heavy atom. The lowest BCUT2D eigenvalue weighted by atomic mass is 9.83. The predicted molar refractivity (Wildman–Crippen MR) is 98.1 cm³/mol. The van der Waals surface area contributed by atoms with Crippen LogP contribution in [-0.4, -0.2) is 40.7 Å². The van der Waals surface area contributed by atoms with Gasteiger partial charge in [-0.2, -0.15) is 13.2 Å². The second-order valence-corrected chi connectivity index (χ2v) is 7.80. The van der Waals surface area contributed by atoms with Crippen LogP contribution in [0.3, 0.4) is 0 Å². The van der Waals surface area contributed by atoms with Crippen molar-refractivity contribution in [3.05, 3.63) is 58.5 Å². The quantitative estimate of drug-likeness (QED) is 0.769. The molecule has 3 aliphatic rings. The van der Waals surface area contributed by atoms with Crippen molar-refractivity contribution in [3.8, 4) is 11.5 Å². The van der Waals surface area contributed by atoms with Crippen LogP contribution in [-0.2, 0) is 6.54 Å². The fourth-order valence-corrected chi connectivity index (χ4v) is 4.47. The number of nitrogens with zero attached hydrogens (tertiary/aromatic N) is 2. The number of hydrogen-bond donors (Lipinski definition) is 1. The number of urea groups is 1. The van der Waals surface area contributed by atoms with Gasteiger partial charge >= 0.3 is 18.1 Å². The van der Waals surface area contributed by atoms with E-state index in [-0.39, 0.29) is 42.0 Å². The van der Waals surface area contributed by atoms with E-state index in [9.17, 15) is 22.8 Å². The van der Waals surface area contributed by atoms with Crippen LogP contribution in [0, 0.1) is 5.92 Å². The highest BCUT2D eigenvalue weighted by atomic mass is 19.4. The molecule has 1 aromatic heterocycles. The molecule has 0 saturated carbocycles. The average Bonchev–Trinajstić information content (AvgIpc) is 3.08. The Bertz CT molecular complexity index is 1040. The number of piperidine rings is 1.